The van der Waals surface area contributed by atoms with Gasteiger partial charge in [0.05, 0.1) is 5.60 Å². The van der Waals surface area contributed by atoms with E-state index in [1.54, 1.807) is 5.56 Å². The van der Waals surface area contributed by atoms with Crippen LogP contribution in [0.1, 0.15) is 73.4 Å². The molecular formula is C25H32ClNO. The SMILES string of the molecule is CC(C)(C)C1(O)CCN2CC3c4ccccc4CCc4cccc(c43)C2C1.Cl. The van der Waals surface area contributed by atoms with Gasteiger partial charge in [-0.05, 0) is 58.9 Å². The lowest BCUT2D eigenvalue weighted by Gasteiger charge is -2.53. The molecule has 150 valence electrons. The second kappa shape index (κ2) is 6.86. The van der Waals surface area contributed by atoms with Gasteiger partial charge in [0.2, 0.25) is 0 Å². The van der Waals surface area contributed by atoms with Crippen molar-refractivity contribution in [2.24, 2.45) is 5.41 Å². The molecule has 0 aromatic heterocycles. The molecule has 1 N–H and O–H groups in total. The van der Waals surface area contributed by atoms with Gasteiger partial charge in [-0.1, -0.05) is 63.2 Å². The minimum absolute atomic E-state index is 0. The molecule has 2 heterocycles. The van der Waals surface area contributed by atoms with E-state index in [2.05, 4.69) is 68.1 Å². The highest BCUT2D eigenvalue weighted by molar-refractivity contribution is 5.85. The van der Waals surface area contributed by atoms with E-state index in [0.29, 0.717) is 12.0 Å². The predicted octanol–water partition coefficient (Wildman–Crippen LogP) is 5.27. The van der Waals surface area contributed by atoms with E-state index in [4.69, 9.17) is 0 Å². The first-order chi connectivity index (χ1) is 12.9. The fourth-order valence-corrected chi connectivity index (χ4v) is 5.76. The lowest BCUT2D eigenvalue weighted by atomic mass is 9.66. The van der Waals surface area contributed by atoms with E-state index in [0.717, 1.165) is 38.8 Å². The van der Waals surface area contributed by atoms with Crippen LogP contribution in [0.5, 0.6) is 0 Å². The van der Waals surface area contributed by atoms with E-state index in [1.165, 1.54) is 22.3 Å². The molecule has 1 fully saturated rings. The van der Waals surface area contributed by atoms with Crippen molar-refractivity contribution < 1.29 is 5.11 Å². The average Bonchev–Trinajstić information content (AvgIpc) is 2.80. The van der Waals surface area contributed by atoms with E-state index >= 15 is 0 Å². The Morgan fingerprint density at radius 3 is 2.43 bits per heavy atom. The Morgan fingerprint density at radius 2 is 1.64 bits per heavy atom. The highest BCUT2D eigenvalue weighted by Gasteiger charge is 2.49. The number of rotatable bonds is 0. The van der Waals surface area contributed by atoms with Crippen molar-refractivity contribution in [2.45, 2.75) is 64.0 Å². The minimum atomic E-state index is -0.591. The first kappa shape index (κ1) is 19.9. The minimum Gasteiger partial charge on any atom is -0.389 e. The molecule has 0 spiro atoms. The fourth-order valence-electron chi connectivity index (χ4n) is 5.76. The molecule has 3 atom stereocenters. The van der Waals surface area contributed by atoms with Crippen LogP contribution < -0.4 is 0 Å². The molecular weight excluding hydrogens is 366 g/mol. The molecule has 2 aromatic rings. The number of hydrogen-bond donors (Lipinski definition) is 1. The summed E-state index contributed by atoms with van der Waals surface area (Å²) in [6.45, 7) is 8.65. The van der Waals surface area contributed by atoms with Crippen molar-refractivity contribution in [3.05, 3.63) is 70.3 Å². The molecule has 3 unspecified atom stereocenters. The van der Waals surface area contributed by atoms with Crippen molar-refractivity contribution in [2.75, 3.05) is 13.1 Å². The fraction of sp³-hybridized carbons (Fsp3) is 0.520. The average molecular weight is 398 g/mol. The molecule has 28 heavy (non-hydrogen) atoms. The third kappa shape index (κ3) is 2.93. The summed E-state index contributed by atoms with van der Waals surface area (Å²) in [5, 5.41) is 11.5. The van der Waals surface area contributed by atoms with Crippen LogP contribution in [0.25, 0.3) is 0 Å². The number of hydrogen-bond acceptors (Lipinski definition) is 2. The molecule has 5 rings (SSSR count). The van der Waals surface area contributed by atoms with Crippen LogP contribution in [0.3, 0.4) is 0 Å². The van der Waals surface area contributed by atoms with Gasteiger partial charge in [-0.3, -0.25) is 4.90 Å². The Hall–Kier alpha value is -1.35. The Bertz CT molecular complexity index is 886. The summed E-state index contributed by atoms with van der Waals surface area (Å²) in [6.07, 6.45) is 3.99. The number of halogens is 1. The van der Waals surface area contributed by atoms with E-state index in [1.807, 2.05) is 0 Å². The van der Waals surface area contributed by atoms with Gasteiger partial charge in [-0.2, -0.15) is 0 Å². The third-order valence-electron chi connectivity index (χ3n) is 7.63. The van der Waals surface area contributed by atoms with Crippen molar-refractivity contribution in [1.82, 2.24) is 4.90 Å². The highest BCUT2D eigenvalue weighted by Crippen LogP contribution is 2.51. The molecule has 0 amide bonds. The third-order valence-corrected chi connectivity index (χ3v) is 7.63. The summed E-state index contributed by atoms with van der Waals surface area (Å²) >= 11 is 0. The van der Waals surface area contributed by atoms with Gasteiger partial charge in [0, 0.05) is 25.0 Å². The number of benzene rings is 2. The molecule has 0 saturated carbocycles. The number of aliphatic hydroxyl groups is 1. The van der Waals surface area contributed by atoms with Crippen molar-refractivity contribution in [1.29, 1.82) is 0 Å². The molecule has 3 aliphatic rings. The smallest absolute Gasteiger partial charge is 0.0726 e. The zero-order valence-electron chi connectivity index (χ0n) is 17.2. The van der Waals surface area contributed by atoms with Crippen LogP contribution in [0.4, 0.5) is 0 Å². The summed E-state index contributed by atoms with van der Waals surface area (Å²) in [5.74, 6) is 0.479. The summed E-state index contributed by atoms with van der Waals surface area (Å²) in [5.41, 5.74) is 6.94. The Balaban J connectivity index is 0.00000192. The van der Waals surface area contributed by atoms with Gasteiger partial charge < -0.3 is 5.11 Å². The summed E-state index contributed by atoms with van der Waals surface area (Å²) in [6, 6.07) is 16.3. The maximum absolute atomic E-state index is 11.5. The lowest BCUT2D eigenvalue weighted by Crippen LogP contribution is -2.55. The van der Waals surface area contributed by atoms with Crippen molar-refractivity contribution >= 4 is 12.4 Å². The monoisotopic (exact) mass is 397 g/mol. The number of nitrogens with zero attached hydrogens (tertiary/aromatic N) is 1. The summed E-state index contributed by atoms with van der Waals surface area (Å²) in [7, 11) is 0. The van der Waals surface area contributed by atoms with E-state index < -0.39 is 5.60 Å². The van der Waals surface area contributed by atoms with Gasteiger partial charge in [0.25, 0.3) is 0 Å². The van der Waals surface area contributed by atoms with Gasteiger partial charge in [-0.25, -0.2) is 0 Å². The highest BCUT2D eigenvalue weighted by atomic mass is 35.5. The summed E-state index contributed by atoms with van der Waals surface area (Å²) in [4.78, 5) is 2.65. The molecule has 0 bridgehead atoms. The second-order valence-electron chi connectivity index (χ2n) is 9.92. The Morgan fingerprint density at radius 1 is 0.964 bits per heavy atom. The van der Waals surface area contributed by atoms with Crippen molar-refractivity contribution in [3.63, 3.8) is 0 Å². The van der Waals surface area contributed by atoms with Crippen LogP contribution in [0.2, 0.25) is 0 Å². The first-order valence-corrected chi connectivity index (χ1v) is 10.5. The zero-order valence-corrected chi connectivity index (χ0v) is 18.1. The normalized spacial score (nSPS) is 29.0. The lowest BCUT2D eigenvalue weighted by molar-refractivity contribution is -0.119. The van der Waals surface area contributed by atoms with Crippen LogP contribution in [0.15, 0.2) is 42.5 Å². The van der Waals surface area contributed by atoms with Gasteiger partial charge in [0.1, 0.15) is 0 Å². The largest absolute Gasteiger partial charge is 0.389 e. The van der Waals surface area contributed by atoms with Crippen LogP contribution >= 0.6 is 12.4 Å². The van der Waals surface area contributed by atoms with Crippen LogP contribution in [-0.4, -0.2) is 28.7 Å². The maximum atomic E-state index is 11.5. The number of piperidine rings is 1. The number of fused-ring (bicyclic) bond motifs is 4. The molecule has 3 heteroatoms. The Labute approximate surface area is 175 Å². The van der Waals surface area contributed by atoms with Gasteiger partial charge in [0.15, 0.2) is 0 Å². The standard InChI is InChI=1S/C25H31NO.ClH/c1-24(2,3)25(27)13-14-26-16-21-19-9-5-4-7-17(19)11-12-18-8-6-10-20(23(18)21)22(26)15-25;/h4-10,21-22,27H,11-16H2,1-3H3;1H. The maximum Gasteiger partial charge on any atom is 0.0726 e. The van der Waals surface area contributed by atoms with E-state index in [-0.39, 0.29) is 17.8 Å². The zero-order chi connectivity index (χ0) is 18.8. The van der Waals surface area contributed by atoms with Crippen LogP contribution in [0, 0.1) is 5.41 Å². The molecule has 0 radical (unpaired) electrons. The molecule has 2 aromatic carbocycles. The van der Waals surface area contributed by atoms with Gasteiger partial charge >= 0.3 is 0 Å². The van der Waals surface area contributed by atoms with Crippen molar-refractivity contribution in [3.8, 4) is 0 Å². The quantitative estimate of drug-likeness (QED) is 0.654. The molecule has 1 saturated heterocycles. The second-order valence-corrected chi connectivity index (χ2v) is 9.92. The number of aryl methyl sites for hydroxylation is 2. The molecule has 2 aliphatic heterocycles. The van der Waals surface area contributed by atoms with Gasteiger partial charge in [-0.15, -0.1) is 12.4 Å². The Kier molecular flexibility index (Phi) is 4.89. The van der Waals surface area contributed by atoms with E-state index in [9.17, 15) is 5.11 Å². The predicted molar refractivity (Wildman–Crippen MR) is 117 cm³/mol. The molecule has 1 aliphatic carbocycles. The summed E-state index contributed by atoms with van der Waals surface area (Å²) < 4.78 is 0. The topological polar surface area (TPSA) is 23.5 Å². The first-order valence-electron chi connectivity index (χ1n) is 10.5. The molecule has 2 nitrogen and oxygen atoms in total. The van der Waals surface area contributed by atoms with Crippen LogP contribution in [-0.2, 0) is 12.8 Å².